The number of rotatable bonds is 6. The summed E-state index contributed by atoms with van der Waals surface area (Å²) in [5.74, 6) is 0.677. The van der Waals surface area contributed by atoms with Crippen molar-refractivity contribution in [3.63, 3.8) is 0 Å². The van der Waals surface area contributed by atoms with Crippen LogP contribution in [-0.4, -0.2) is 15.9 Å². The van der Waals surface area contributed by atoms with Crippen LogP contribution >= 0.6 is 11.3 Å². The van der Waals surface area contributed by atoms with Gasteiger partial charge in [-0.05, 0) is 43.2 Å². The first kappa shape index (κ1) is 17.1. The molecule has 0 atom stereocenters. The van der Waals surface area contributed by atoms with E-state index in [2.05, 4.69) is 27.5 Å². The lowest BCUT2D eigenvalue weighted by atomic mass is 10.1. The van der Waals surface area contributed by atoms with Gasteiger partial charge in [-0.25, -0.2) is 9.97 Å². The second kappa shape index (κ2) is 7.90. The van der Waals surface area contributed by atoms with Crippen LogP contribution in [-0.2, 0) is 17.6 Å². The molecule has 5 nitrogen and oxygen atoms in total. The number of carbonyl (C=O) groups excluding carboxylic acids is 1. The van der Waals surface area contributed by atoms with E-state index in [0.717, 1.165) is 34.4 Å². The highest BCUT2D eigenvalue weighted by Gasteiger charge is 2.09. The van der Waals surface area contributed by atoms with Crippen molar-refractivity contribution < 1.29 is 4.79 Å². The van der Waals surface area contributed by atoms with Crippen LogP contribution in [0, 0.1) is 6.92 Å². The summed E-state index contributed by atoms with van der Waals surface area (Å²) in [6, 6.07) is 13.7. The van der Waals surface area contributed by atoms with Crippen LogP contribution in [0.5, 0.6) is 0 Å². The first-order valence-electron chi connectivity index (χ1n) is 8.16. The van der Waals surface area contributed by atoms with Gasteiger partial charge >= 0.3 is 0 Å². The quantitative estimate of drug-likeness (QED) is 0.693. The van der Waals surface area contributed by atoms with Gasteiger partial charge in [-0.1, -0.05) is 25.1 Å². The second-order valence-electron chi connectivity index (χ2n) is 5.71. The molecule has 2 aromatic heterocycles. The molecule has 128 valence electrons. The van der Waals surface area contributed by atoms with Gasteiger partial charge in [0.2, 0.25) is 5.91 Å². The largest absolute Gasteiger partial charge is 0.326 e. The number of nitrogens with one attached hydrogen (secondary N) is 2. The van der Waals surface area contributed by atoms with E-state index in [1.807, 2.05) is 54.8 Å². The number of amides is 1. The van der Waals surface area contributed by atoms with Crippen molar-refractivity contribution in [1.82, 2.24) is 9.97 Å². The predicted molar refractivity (Wildman–Crippen MR) is 103 cm³/mol. The molecule has 0 unspecified atom stereocenters. The van der Waals surface area contributed by atoms with Crippen LogP contribution in [0.4, 0.5) is 16.6 Å². The van der Waals surface area contributed by atoms with Crippen LogP contribution in [0.3, 0.4) is 0 Å². The lowest BCUT2D eigenvalue weighted by Gasteiger charge is -2.05. The molecule has 0 aliphatic rings. The van der Waals surface area contributed by atoms with E-state index in [-0.39, 0.29) is 12.3 Å². The monoisotopic (exact) mass is 352 g/mol. The third kappa shape index (κ3) is 4.87. The lowest BCUT2D eigenvalue weighted by Crippen LogP contribution is -2.14. The summed E-state index contributed by atoms with van der Waals surface area (Å²) in [6.45, 7) is 4.05. The number of aryl methyl sites for hydroxylation is 2. The Morgan fingerprint density at radius 1 is 1.12 bits per heavy atom. The highest BCUT2D eigenvalue weighted by atomic mass is 32.1. The van der Waals surface area contributed by atoms with Crippen molar-refractivity contribution in [2.45, 2.75) is 26.7 Å². The Morgan fingerprint density at radius 2 is 1.92 bits per heavy atom. The van der Waals surface area contributed by atoms with E-state index in [1.165, 1.54) is 16.9 Å². The minimum Gasteiger partial charge on any atom is -0.326 e. The summed E-state index contributed by atoms with van der Waals surface area (Å²) in [4.78, 5) is 21.0. The van der Waals surface area contributed by atoms with Gasteiger partial charge in [-0.15, -0.1) is 11.3 Å². The zero-order chi connectivity index (χ0) is 17.6. The van der Waals surface area contributed by atoms with Gasteiger partial charge in [0, 0.05) is 16.8 Å². The highest BCUT2D eigenvalue weighted by Crippen LogP contribution is 2.20. The molecule has 2 heterocycles. The van der Waals surface area contributed by atoms with Gasteiger partial charge in [-0.3, -0.25) is 4.79 Å². The molecule has 3 aromatic rings. The van der Waals surface area contributed by atoms with Crippen molar-refractivity contribution in [3.05, 3.63) is 64.8 Å². The Kier molecular flexibility index (Phi) is 5.40. The molecule has 0 fully saturated rings. The van der Waals surface area contributed by atoms with Crippen LogP contribution in [0.15, 0.2) is 47.8 Å². The minimum atomic E-state index is -0.0743. The number of pyridine rings is 1. The fourth-order valence-corrected chi connectivity index (χ4v) is 3.08. The number of anilines is 3. The van der Waals surface area contributed by atoms with Crippen molar-refractivity contribution in [2.24, 2.45) is 0 Å². The lowest BCUT2D eigenvalue weighted by molar-refractivity contribution is -0.115. The standard InChI is InChI=1S/C19H20N4OS/c1-3-14-7-9-15(10-8-14)21-18(24)11-16-12-25-19(22-16)23-17-6-4-5-13(2)20-17/h4-10,12H,3,11H2,1-2H3,(H,21,24)(H,20,22,23). The van der Waals surface area contributed by atoms with Crippen molar-refractivity contribution in [3.8, 4) is 0 Å². The summed E-state index contributed by atoms with van der Waals surface area (Å²) >= 11 is 1.46. The predicted octanol–water partition coefficient (Wildman–Crippen LogP) is 4.33. The van der Waals surface area contributed by atoms with Gasteiger partial charge in [0.15, 0.2) is 5.13 Å². The molecule has 2 N–H and O–H groups in total. The summed E-state index contributed by atoms with van der Waals surface area (Å²) < 4.78 is 0. The Labute approximate surface area is 151 Å². The van der Waals surface area contributed by atoms with Crippen LogP contribution in [0.1, 0.15) is 23.9 Å². The van der Waals surface area contributed by atoms with Gasteiger partial charge in [0.1, 0.15) is 5.82 Å². The first-order chi connectivity index (χ1) is 12.1. The molecule has 0 aliphatic carbocycles. The van der Waals surface area contributed by atoms with E-state index >= 15 is 0 Å². The van der Waals surface area contributed by atoms with E-state index in [4.69, 9.17) is 0 Å². The smallest absolute Gasteiger partial charge is 0.230 e. The topological polar surface area (TPSA) is 66.9 Å². The molecule has 0 spiro atoms. The van der Waals surface area contributed by atoms with Crippen LogP contribution in [0.25, 0.3) is 0 Å². The molecule has 0 bridgehead atoms. The van der Waals surface area contributed by atoms with E-state index < -0.39 is 0 Å². The fraction of sp³-hybridized carbons (Fsp3) is 0.211. The number of benzene rings is 1. The molecule has 0 saturated heterocycles. The fourth-order valence-electron chi connectivity index (χ4n) is 2.36. The molecule has 6 heteroatoms. The van der Waals surface area contributed by atoms with Gasteiger partial charge in [-0.2, -0.15) is 0 Å². The third-order valence-corrected chi connectivity index (χ3v) is 4.47. The van der Waals surface area contributed by atoms with Crippen molar-refractivity contribution in [2.75, 3.05) is 10.6 Å². The Hall–Kier alpha value is -2.73. The maximum atomic E-state index is 12.2. The number of carbonyl (C=O) groups is 1. The van der Waals surface area contributed by atoms with E-state index in [1.54, 1.807) is 0 Å². The summed E-state index contributed by atoms with van der Waals surface area (Å²) in [7, 11) is 0. The molecule has 1 amide bonds. The van der Waals surface area contributed by atoms with Crippen molar-refractivity contribution >= 4 is 33.9 Å². The maximum absolute atomic E-state index is 12.2. The summed E-state index contributed by atoms with van der Waals surface area (Å²) in [5.41, 5.74) is 3.73. The number of hydrogen-bond donors (Lipinski definition) is 2. The Morgan fingerprint density at radius 3 is 2.64 bits per heavy atom. The van der Waals surface area contributed by atoms with Gasteiger partial charge in [0.25, 0.3) is 0 Å². The summed E-state index contributed by atoms with van der Waals surface area (Å²) in [6.07, 6.45) is 1.23. The third-order valence-electron chi connectivity index (χ3n) is 3.66. The number of nitrogens with zero attached hydrogens (tertiary/aromatic N) is 2. The number of thiazole rings is 1. The zero-order valence-electron chi connectivity index (χ0n) is 14.2. The first-order valence-corrected chi connectivity index (χ1v) is 9.04. The van der Waals surface area contributed by atoms with Gasteiger partial charge in [0.05, 0.1) is 12.1 Å². The molecule has 0 radical (unpaired) electrons. The molecule has 25 heavy (non-hydrogen) atoms. The maximum Gasteiger partial charge on any atom is 0.230 e. The molecular weight excluding hydrogens is 332 g/mol. The molecule has 3 rings (SSSR count). The van der Waals surface area contributed by atoms with Crippen LogP contribution in [0.2, 0.25) is 0 Å². The van der Waals surface area contributed by atoms with E-state index in [0.29, 0.717) is 0 Å². The van der Waals surface area contributed by atoms with Crippen molar-refractivity contribution in [1.29, 1.82) is 0 Å². The minimum absolute atomic E-state index is 0.0743. The Bertz CT molecular complexity index is 858. The number of hydrogen-bond acceptors (Lipinski definition) is 5. The highest BCUT2D eigenvalue weighted by molar-refractivity contribution is 7.13. The zero-order valence-corrected chi connectivity index (χ0v) is 15.1. The Balaban J connectivity index is 1.57. The average Bonchev–Trinajstić information content (AvgIpc) is 3.02. The van der Waals surface area contributed by atoms with Gasteiger partial charge < -0.3 is 10.6 Å². The molecule has 1 aromatic carbocycles. The second-order valence-corrected chi connectivity index (χ2v) is 6.57. The van der Waals surface area contributed by atoms with Crippen LogP contribution < -0.4 is 10.6 Å². The SMILES string of the molecule is CCc1ccc(NC(=O)Cc2csc(Nc3cccc(C)n3)n2)cc1. The molecule has 0 aliphatic heterocycles. The number of aromatic nitrogens is 2. The normalized spacial score (nSPS) is 10.5. The molecule has 0 saturated carbocycles. The summed E-state index contributed by atoms with van der Waals surface area (Å²) in [5, 5.41) is 8.68. The average molecular weight is 352 g/mol. The van der Waals surface area contributed by atoms with E-state index in [9.17, 15) is 4.79 Å². The molecular formula is C19H20N4OS.